The van der Waals surface area contributed by atoms with Gasteiger partial charge in [-0.25, -0.2) is 14.2 Å². The molecule has 11 heteroatoms. The van der Waals surface area contributed by atoms with E-state index in [1.165, 1.54) is 28.6 Å². The highest BCUT2D eigenvalue weighted by atomic mass is 35.5. The maximum atomic E-state index is 13.4. The quantitative estimate of drug-likeness (QED) is 0.379. The Kier molecular flexibility index (Phi) is 6.51. The second-order valence-electron chi connectivity index (χ2n) is 8.60. The van der Waals surface area contributed by atoms with Crippen LogP contribution in [-0.2, 0) is 4.79 Å². The first-order valence-electron chi connectivity index (χ1n) is 10.6. The van der Waals surface area contributed by atoms with Gasteiger partial charge in [-0.1, -0.05) is 25.4 Å². The van der Waals surface area contributed by atoms with Gasteiger partial charge in [0.2, 0.25) is 0 Å². The van der Waals surface area contributed by atoms with Crippen molar-refractivity contribution in [1.29, 1.82) is 0 Å². The number of benzene rings is 1. The molecule has 0 fully saturated rings. The molecular weight excluding hydrogens is 474 g/mol. The minimum Gasteiger partial charge on any atom is -0.493 e. The molecule has 182 valence electrons. The fourth-order valence-corrected chi connectivity index (χ4v) is 3.63. The van der Waals surface area contributed by atoms with Crippen LogP contribution >= 0.6 is 11.6 Å². The number of nitrogens with zero attached hydrogens (tertiary/aromatic N) is 4. The number of ether oxygens (including phenoxy) is 2. The Morgan fingerprint density at radius 2 is 1.94 bits per heavy atom. The van der Waals surface area contributed by atoms with E-state index in [9.17, 15) is 14.7 Å². The predicted octanol–water partition coefficient (Wildman–Crippen LogP) is 3.03. The second kappa shape index (κ2) is 9.40. The number of aliphatic carboxylic acids is 1. The van der Waals surface area contributed by atoms with Crippen molar-refractivity contribution in [1.82, 2.24) is 18.9 Å². The van der Waals surface area contributed by atoms with E-state index in [2.05, 4.69) is 9.97 Å². The van der Waals surface area contributed by atoms with Gasteiger partial charge in [0.15, 0.2) is 11.5 Å². The highest BCUT2D eigenvalue weighted by Crippen LogP contribution is 2.31. The zero-order valence-corrected chi connectivity index (χ0v) is 20.1. The number of hydrogen-bond acceptors (Lipinski definition) is 7. The number of rotatable bonds is 8. The molecular formula is C24H24ClN5O5. The number of halogens is 1. The summed E-state index contributed by atoms with van der Waals surface area (Å²) >= 11 is 5.94. The molecule has 3 heterocycles. The average molecular weight is 498 g/mol. The SMILES string of the molecule is COc1cc(-n2cnc3ccc(-c4ccc(Cl)cn4)n3c2=O)ccc1OCC(C)(C)C(N)C(=O)O. The fraction of sp³-hybridized carbons (Fsp3) is 0.250. The van der Waals surface area contributed by atoms with Crippen molar-refractivity contribution in [3.05, 3.63) is 70.5 Å². The van der Waals surface area contributed by atoms with Crippen molar-refractivity contribution in [3.8, 4) is 28.6 Å². The van der Waals surface area contributed by atoms with Crippen molar-refractivity contribution < 1.29 is 19.4 Å². The topological polar surface area (TPSA) is 134 Å². The Labute approximate surface area is 205 Å². The van der Waals surface area contributed by atoms with Gasteiger partial charge < -0.3 is 20.3 Å². The lowest BCUT2D eigenvalue weighted by Crippen LogP contribution is -2.47. The molecule has 0 saturated heterocycles. The third-order valence-electron chi connectivity index (χ3n) is 5.69. The number of nitrogens with two attached hydrogens (primary N) is 1. The summed E-state index contributed by atoms with van der Waals surface area (Å²) in [6.45, 7) is 3.46. The number of carbonyl (C=O) groups is 1. The predicted molar refractivity (Wildman–Crippen MR) is 130 cm³/mol. The smallest absolute Gasteiger partial charge is 0.340 e. The number of fused-ring (bicyclic) bond motifs is 1. The number of methoxy groups -OCH3 is 1. The van der Waals surface area contributed by atoms with Gasteiger partial charge in [0.25, 0.3) is 0 Å². The zero-order valence-electron chi connectivity index (χ0n) is 19.3. The zero-order chi connectivity index (χ0) is 25.3. The lowest BCUT2D eigenvalue weighted by Gasteiger charge is -2.28. The maximum absolute atomic E-state index is 13.4. The van der Waals surface area contributed by atoms with E-state index in [0.29, 0.717) is 39.2 Å². The summed E-state index contributed by atoms with van der Waals surface area (Å²) in [4.78, 5) is 33.4. The molecule has 4 aromatic rings. The summed E-state index contributed by atoms with van der Waals surface area (Å²) in [6, 6.07) is 10.8. The fourth-order valence-electron chi connectivity index (χ4n) is 3.52. The molecule has 0 bridgehead atoms. The maximum Gasteiger partial charge on any atom is 0.340 e. The number of aromatic nitrogens is 4. The van der Waals surface area contributed by atoms with Crippen molar-refractivity contribution in [3.63, 3.8) is 0 Å². The summed E-state index contributed by atoms with van der Waals surface area (Å²) in [5.41, 5.74) is 6.72. The van der Waals surface area contributed by atoms with Crippen LogP contribution in [0.25, 0.3) is 22.7 Å². The number of carboxylic acid groups (broad SMARTS) is 1. The average Bonchev–Trinajstić information content (AvgIpc) is 3.28. The molecule has 0 spiro atoms. The Hall–Kier alpha value is -3.89. The number of hydrogen-bond donors (Lipinski definition) is 2. The molecule has 1 atom stereocenters. The van der Waals surface area contributed by atoms with Gasteiger partial charge in [-0.05, 0) is 36.4 Å². The molecule has 0 aliphatic heterocycles. The molecule has 1 aromatic carbocycles. The molecule has 3 aromatic heterocycles. The molecule has 3 N–H and O–H groups in total. The molecule has 0 amide bonds. The van der Waals surface area contributed by atoms with Crippen LogP contribution in [0.1, 0.15) is 13.8 Å². The van der Waals surface area contributed by atoms with Gasteiger partial charge in [0.1, 0.15) is 18.0 Å². The van der Waals surface area contributed by atoms with Crippen LogP contribution in [0.3, 0.4) is 0 Å². The highest BCUT2D eigenvalue weighted by molar-refractivity contribution is 6.30. The lowest BCUT2D eigenvalue weighted by molar-refractivity contribution is -0.141. The first-order chi connectivity index (χ1) is 16.6. The van der Waals surface area contributed by atoms with E-state index in [-0.39, 0.29) is 12.3 Å². The number of carboxylic acids is 1. The third kappa shape index (κ3) is 4.71. The molecule has 0 aliphatic carbocycles. The summed E-state index contributed by atoms with van der Waals surface area (Å²) in [7, 11) is 1.47. The van der Waals surface area contributed by atoms with Gasteiger partial charge in [-0.15, -0.1) is 0 Å². The van der Waals surface area contributed by atoms with E-state index in [0.717, 1.165) is 0 Å². The van der Waals surface area contributed by atoms with E-state index in [4.69, 9.17) is 26.8 Å². The van der Waals surface area contributed by atoms with E-state index < -0.39 is 17.4 Å². The highest BCUT2D eigenvalue weighted by Gasteiger charge is 2.33. The summed E-state index contributed by atoms with van der Waals surface area (Å²) < 4.78 is 14.1. The summed E-state index contributed by atoms with van der Waals surface area (Å²) in [5.74, 6) is -0.362. The van der Waals surface area contributed by atoms with Crippen LogP contribution in [0.15, 0.2) is 59.8 Å². The standard InChI is InChI=1S/C24H24ClN5O5/c1-24(2,21(26)22(31)32)12-35-18-8-5-15(10-19(18)34-3)29-13-28-20-9-7-17(30(20)23(29)33)16-6-4-14(25)11-27-16/h4-11,13,21H,12,26H2,1-3H3,(H,31,32). The monoisotopic (exact) mass is 497 g/mol. The molecule has 10 nitrogen and oxygen atoms in total. The first kappa shape index (κ1) is 24.2. The van der Waals surface area contributed by atoms with Gasteiger partial charge in [0, 0.05) is 17.7 Å². The molecule has 4 rings (SSSR count). The summed E-state index contributed by atoms with van der Waals surface area (Å²) in [6.07, 6.45) is 2.94. The van der Waals surface area contributed by atoms with Crippen LogP contribution in [-0.4, -0.2) is 49.8 Å². The molecule has 35 heavy (non-hydrogen) atoms. The van der Waals surface area contributed by atoms with Crippen LogP contribution in [0.4, 0.5) is 0 Å². The Bertz CT molecular complexity index is 1450. The molecule has 0 saturated carbocycles. The first-order valence-corrected chi connectivity index (χ1v) is 11.0. The number of pyridine rings is 1. The Morgan fingerprint density at radius 1 is 1.17 bits per heavy atom. The van der Waals surface area contributed by atoms with Crippen molar-refractivity contribution >= 4 is 23.2 Å². The van der Waals surface area contributed by atoms with Crippen LogP contribution in [0.2, 0.25) is 5.02 Å². The van der Waals surface area contributed by atoms with Crippen LogP contribution in [0, 0.1) is 5.41 Å². The van der Waals surface area contributed by atoms with Crippen molar-refractivity contribution in [2.45, 2.75) is 19.9 Å². The lowest BCUT2D eigenvalue weighted by atomic mass is 9.86. The third-order valence-corrected chi connectivity index (χ3v) is 5.91. The molecule has 0 radical (unpaired) electrons. The van der Waals surface area contributed by atoms with Gasteiger partial charge in [-0.2, -0.15) is 0 Å². The van der Waals surface area contributed by atoms with Crippen molar-refractivity contribution in [2.24, 2.45) is 11.1 Å². The van der Waals surface area contributed by atoms with Gasteiger partial charge in [0.05, 0.1) is 35.8 Å². The van der Waals surface area contributed by atoms with E-state index in [1.54, 1.807) is 56.3 Å². The van der Waals surface area contributed by atoms with Crippen molar-refractivity contribution in [2.75, 3.05) is 13.7 Å². The Balaban J connectivity index is 1.69. The summed E-state index contributed by atoms with van der Waals surface area (Å²) in [5, 5.41) is 9.71. The molecule has 1 unspecified atom stereocenters. The van der Waals surface area contributed by atoms with E-state index >= 15 is 0 Å². The van der Waals surface area contributed by atoms with Gasteiger partial charge >= 0.3 is 11.7 Å². The minimum absolute atomic E-state index is 0.0461. The largest absolute Gasteiger partial charge is 0.493 e. The molecule has 0 aliphatic rings. The van der Waals surface area contributed by atoms with Crippen LogP contribution in [0.5, 0.6) is 11.5 Å². The Morgan fingerprint density at radius 3 is 2.60 bits per heavy atom. The normalized spacial score (nSPS) is 12.5. The minimum atomic E-state index is -1.11. The van der Waals surface area contributed by atoms with Crippen LogP contribution < -0.4 is 20.9 Å². The van der Waals surface area contributed by atoms with Gasteiger partial charge in [-0.3, -0.25) is 14.3 Å². The second-order valence-corrected chi connectivity index (χ2v) is 9.04. The van der Waals surface area contributed by atoms with E-state index in [1.807, 2.05) is 0 Å².